The summed E-state index contributed by atoms with van der Waals surface area (Å²) in [7, 11) is 1.69. The number of anilines is 1. The molecular formula is C11H11ClN4OS2. The summed E-state index contributed by atoms with van der Waals surface area (Å²) in [5, 5.41) is 9.04. The molecule has 1 amide bonds. The molecule has 0 aliphatic rings. The van der Waals surface area contributed by atoms with Gasteiger partial charge in [0.05, 0.1) is 16.8 Å². The highest BCUT2D eigenvalue weighted by Crippen LogP contribution is 2.28. The molecule has 2 rings (SSSR count). The van der Waals surface area contributed by atoms with Crippen LogP contribution in [0.3, 0.4) is 0 Å². The standard InChI is InChI=1S/C11H11ClN4OS2/c1-5-4-19-8(7(5)12)11(17)15-10-6(9(13)18)3-14-16(10)2/h3-4H,1-2H3,(H2,13,18)(H,15,17). The zero-order chi connectivity index (χ0) is 14.2. The summed E-state index contributed by atoms with van der Waals surface area (Å²) in [5.74, 6) is 0.156. The molecule has 0 spiro atoms. The van der Waals surface area contributed by atoms with Gasteiger partial charge in [-0.15, -0.1) is 11.3 Å². The maximum Gasteiger partial charge on any atom is 0.268 e. The molecule has 0 aromatic carbocycles. The Kier molecular flexibility index (Phi) is 3.88. The second-order valence-electron chi connectivity index (χ2n) is 3.91. The highest BCUT2D eigenvalue weighted by molar-refractivity contribution is 7.80. The molecule has 0 aliphatic heterocycles. The van der Waals surface area contributed by atoms with Crippen LogP contribution in [0.1, 0.15) is 20.8 Å². The van der Waals surface area contributed by atoms with Gasteiger partial charge >= 0.3 is 0 Å². The molecule has 2 aromatic rings. The van der Waals surface area contributed by atoms with Gasteiger partial charge in [0.15, 0.2) is 0 Å². The van der Waals surface area contributed by atoms with Crippen molar-refractivity contribution in [3.8, 4) is 0 Å². The number of thiophene rings is 1. The topological polar surface area (TPSA) is 72.9 Å². The number of carbonyl (C=O) groups is 1. The van der Waals surface area contributed by atoms with Crippen molar-refractivity contribution in [1.29, 1.82) is 0 Å². The van der Waals surface area contributed by atoms with Crippen LogP contribution in [0.15, 0.2) is 11.6 Å². The van der Waals surface area contributed by atoms with Crippen molar-refractivity contribution in [3.63, 3.8) is 0 Å². The summed E-state index contributed by atoms with van der Waals surface area (Å²) in [5.41, 5.74) is 6.97. The molecule has 8 heteroatoms. The predicted molar refractivity (Wildman–Crippen MR) is 81.1 cm³/mol. The second kappa shape index (κ2) is 5.28. The first kappa shape index (κ1) is 14.0. The normalized spacial score (nSPS) is 10.5. The van der Waals surface area contributed by atoms with Crippen LogP contribution < -0.4 is 11.1 Å². The number of aromatic nitrogens is 2. The lowest BCUT2D eigenvalue weighted by atomic mass is 10.3. The maximum absolute atomic E-state index is 12.2. The Balaban J connectivity index is 2.32. The first-order valence-corrected chi connectivity index (χ1v) is 6.95. The van der Waals surface area contributed by atoms with Crippen LogP contribution in [0.5, 0.6) is 0 Å². The number of nitrogens with zero attached hydrogens (tertiary/aromatic N) is 2. The van der Waals surface area contributed by atoms with Gasteiger partial charge in [-0.1, -0.05) is 23.8 Å². The van der Waals surface area contributed by atoms with E-state index in [-0.39, 0.29) is 10.9 Å². The Hall–Kier alpha value is -1.44. The Morgan fingerprint density at radius 2 is 2.32 bits per heavy atom. The van der Waals surface area contributed by atoms with E-state index in [0.29, 0.717) is 21.3 Å². The number of hydrogen-bond donors (Lipinski definition) is 2. The number of nitrogens with one attached hydrogen (secondary N) is 1. The number of amides is 1. The predicted octanol–water partition coefficient (Wildman–Crippen LogP) is 2.33. The average Bonchev–Trinajstić information content (AvgIpc) is 2.85. The van der Waals surface area contributed by atoms with Gasteiger partial charge in [0.25, 0.3) is 5.91 Å². The number of halogens is 1. The quantitative estimate of drug-likeness (QED) is 0.853. The van der Waals surface area contributed by atoms with Crippen LogP contribution in [0.2, 0.25) is 5.02 Å². The molecule has 100 valence electrons. The summed E-state index contributed by atoms with van der Waals surface area (Å²) in [4.78, 5) is 12.8. The number of nitrogens with two attached hydrogens (primary N) is 1. The molecule has 0 saturated carbocycles. The van der Waals surface area contributed by atoms with Crippen molar-refractivity contribution in [2.24, 2.45) is 12.8 Å². The van der Waals surface area contributed by atoms with Gasteiger partial charge in [0, 0.05) is 7.05 Å². The molecule has 0 bridgehead atoms. The van der Waals surface area contributed by atoms with Crippen LogP contribution >= 0.6 is 35.2 Å². The maximum atomic E-state index is 12.2. The van der Waals surface area contributed by atoms with Gasteiger partial charge in [-0.25, -0.2) is 0 Å². The zero-order valence-electron chi connectivity index (χ0n) is 10.2. The van der Waals surface area contributed by atoms with E-state index < -0.39 is 0 Å². The Morgan fingerprint density at radius 3 is 2.84 bits per heavy atom. The first-order chi connectivity index (χ1) is 8.91. The van der Waals surface area contributed by atoms with E-state index in [1.54, 1.807) is 7.05 Å². The second-order valence-corrected chi connectivity index (χ2v) is 5.61. The van der Waals surface area contributed by atoms with Gasteiger partial charge in [-0.05, 0) is 17.9 Å². The molecule has 2 heterocycles. The minimum absolute atomic E-state index is 0.178. The summed E-state index contributed by atoms with van der Waals surface area (Å²) in [6.45, 7) is 1.85. The van der Waals surface area contributed by atoms with Gasteiger partial charge in [0.2, 0.25) is 0 Å². The smallest absolute Gasteiger partial charge is 0.268 e. The first-order valence-electron chi connectivity index (χ1n) is 5.28. The fourth-order valence-electron chi connectivity index (χ4n) is 1.51. The largest absolute Gasteiger partial charge is 0.389 e. The molecule has 0 atom stereocenters. The fourth-order valence-corrected chi connectivity index (χ4v) is 2.84. The number of carbonyl (C=O) groups excluding carboxylic acids is 1. The minimum atomic E-state index is -0.302. The molecule has 3 N–H and O–H groups in total. The van der Waals surface area contributed by atoms with Crippen LogP contribution in [0.4, 0.5) is 5.82 Å². The van der Waals surface area contributed by atoms with Crippen molar-refractivity contribution in [2.45, 2.75) is 6.92 Å². The molecule has 0 saturated heterocycles. The Morgan fingerprint density at radius 1 is 1.63 bits per heavy atom. The molecule has 0 fully saturated rings. The molecule has 0 unspecified atom stereocenters. The SMILES string of the molecule is Cc1csc(C(=O)Nc2c(C(N)=S)cnn2C)c1Cl. The third-order valence-corrected chi connectivity index (χ3v) is 4.46. The fraction of sp³-hybridized carbons (Fsp3) is 0.182. The molecular weight excluding hydrogens is 304 g/mol. The minimum Gasteiger partial charge on any atom is -0.389 e. The molecule has 0 radical (unpaired) electrons. The van der Waals surface area contributed by atoms with E-state index in [2.05, 4.69) is 10.4 Å². The van der Waals surface area contributed by atoms with Crippen molar-refractivity contribution < 1.29 is 4.79 Å². The van der Waals surface area contributed by atoms with Gasteiger partial charge in [0.1, 0.15) is 15.7 Å². The Labute approximate surface area is 124 Å². The third kappa shape index (κ3) is 2.63. The van der Waals surface area contributed by atoms with Crippen molar-refractivity contribution in [1.82, 2.24) is 9.78 Å². The van der Waals surface area contributed by atoms with E-state index in [1.165, 1.54) is 22.2 Å². The van der Waals surface area contributed by atoms with Crippen molar-refractivity contribution in [2.75, 3.05) is 5.32 Å². The Bertz CT molecular complexity index is 662. The van der Waals surface area contributed by atoms with Gasteiger partial charge < -0.3 is 11.1 Å². The van der Waals surface area contributed by atoms with Crippen molar-refractivity contribution in [3.05, 3.63) is 32.6 Å². The number of hydrogen-bond acceptors (Lipinski definition) is 4. The lowest BCUT2D eigenvalue weighted by Crippen LogP contribution is -2.18. The van der Waals surface area contributed by atoms with Gasteiger partial charge in [-0.3, -0.25) is 9.48 Å². The van der Waals surface area contributed by atoms with E-state index in [1.807, 2.05) is 12.3 Å². The van der Waals surface area contributed by atoms with E-state index >= 15 is 0 Å². The zero-order valence-corrected chi connectivity index (χ0v) is 12.6. The van der Waals surface area contributed by atoms with Crippen LogP contribution in [-0.4, -0.2) is 20.7 Å². The van der Waals surface area contributed by atoms with Crippen LogP contribution in [0, 0.1) is 6.92 Å². The summed E-state index contributed by atoms with van der Waals surface area (Å²) < 4.78 is 1.50. The number of rotatable bonds is 3. The van der Waals surface area contributed by atoms with Gasteiger partial charge in [-0.2, -0.15) is 5.10 Å². The molecule has 5 nitrogen and oxygen atoms in total. The highest BCUT2D eigenvalue weighted by Gasteiger charge is 2.18. The summed E-state index contributed by atoms with van der Waals surface area (Å²) in [6.07, 6.45) is 1.51. The number of aryl methyl sites for hydroxylation is 2. The lowest BCUT2D eigenvalue weighted by molar-refractivity contribution is 0.102. The van der Waals surface area contributed by atoms with E-state index in [9.17, 15) is 4.79 Å². The average molecular weight is 315 g/mol. The molecule has 0 aliphatic carbocycles. The highest BCUT2D eigenvalue weighted by atomic mass is 35.5. The molecule has 19 heavy (non-hydrogen) atoms. The number of thiocarbonyl (C=S) groups is 1. The van der Waals surface area contributed by atoms with E-state index in [0.717, 1.165) is 5.56 Å². The molecule has 2 aromatic heterocycles. The third-order valence-electron chi connectivity index (χ3n) is 2.54. The van der Waals surface area contributed by atoms with Crippen LogP contribution in [-0.2, 0) is 7.05 Å². The summed E-state index contributed by atoms with van der Waals surface area (Å²) in [6, 6.07) is 0. The van der Waals surface area contributed by atoms with E-state index in [4.69, 9.17) is 29.6 Å². The van der Waals surface area contributed by atoms with Crippen molar-refractivity contribution >= 4 is 51.9 Å². The summed E-state index contributed by atoms with van der Waals surface area (Å²) >= 11 is 12.3. The van der Waals surface area contributed by atoms with Crippen LogP contribution in [0.25, 0.3) is 0 Å². The monoisotopic (exact) mass is 314 g/mol. The lowest BCUT2D eigenvalue weighted by Gasteiger charge is -2.07.